The second-order valence-corrected chi connectivity index (χ2v) is 5.31. The van der Waals surface area contributed by atoms with Crippen LogP contribution in [0, 0.1) is 22.7 Å². The second kappa shape index (κ2) is 5.61. The van der Waals surface area contributed by atoms with Crippen LogP contribution in [-0.4, -0.2) is 13.1 Å². The van der Waals surface area contributed by atoms with Gasteiger partial charge in [0.25, 0.3) is 0 Å². The molecule has 3 rings (SSSR count). The summed E-state index contributed by atoms with van der Waals surface area (Å²) in [5.41, 5.74) is -0.698. The Balaban J connectivity index is 2.27. The van der Waals surface area contributed by atoms with Crippen LogP contribution in [0.15, 0.2) is 60.7 Å². The maximum atomic E-state index is 10.0. The van der Waals surface area contributed by atoms with Crippen molar-refractivity contribution in [3.05, 3.63) is 71.8 Å². The standard InChI is InChI=1S/C18H16N4/c19-13-17(15-7-3-1-4-8-15)18(14-20,22-12-11-21-17)16-9-5-2-6-10-16/h1-10,21-22H,11-12H2. The average Bonchev–Trinajstić information content (AvgIpc) is 2.63. The van der Waals surface area contributed by atoms with E-state index in [9.17, 15) is 10.5 Å². The molecule has 0 saturated carbocycles. The highest BCUT2D eigenvalue weighted by Gasteiger charge is 2.56. The molecule has 22 heavy (non-hydrogen) atoms. The van der Waals surface area contributed by atoms with Crippen LogP contribution in [-0.2, 0) is 11.1 Å². The summed E-state index contributed by atoms with van der Waals surface area (Å²) in [6.45, 7) is 1.25. The van der Waals surface area contributed by atoms with E-state index in [1.165, 1.54) is 0 Å². The van der Waals surface area contributed by atoms with Gasteiger partial charge in [0.2, 0.25) is 0 Å². The van der Waals surface area contributed by atoms with Gasteiger partial charge < -0.3 is 0 Å². The lowest BCUT2D eigenvalue weighted by Crippen LogP contribution is -2.69. The van der Waals surface area contributed by atoms with E-state index in [0.717, 1.165) is 11.1 Å². The first-order valence-corrected chi connectivity index (χ1v) is 7.23. The predicted octanol–water partition coefficient (Wildman–Crippen LogP) is 2.02. The Kier molecular flexibility index (Phi) is 3.65. The first kappa shape index (κ1) is 14.3. The second-order valence-electron chi connectivity index (χ2n) is 5.31. The van der Waals surface area contributed by atoms with Gasteiger partial charge in [0.15, 0.2) is 11.1 Å². The molecule has 0 bridgehead atoms. The van der Waals surface area contributed by atoms with Gasteiger partial charge >= 0.3 is 0 Å². The van der Waals surface area contributed by atoms with Crippen LogP contribution in [0.4, 0.5) is 0 Å². The fraction of sp³-hybridized carbons (Fsp3) is 0.222. The summed E-state index contributed by atoms with van der Waals surface area (Å²) in [7, 11) is 0. The van der Waals surface area contributed by atoms with E-state index in [4.69, 9.17) is 0 Å². The number of piperazine rings is 1. The summed E-state index contributed by atoms with van der Waals surface area (Å²) in [6, 6.07) is 23.7. The Labute approximate surface area is 130 Å². The zero-order valence-corrected chi connectivity index (χ0v) is 12.1. The minimum absolute atomic E-state index is 0.624. The zero-order valence-electron chi connectivity index (χ0n) is 12.1. The number of nitriles is 2. The molecule has 0 aromatic heterocycles. The van der Waals surface area contributed by atoms with Crippen molar-refractivity contribution in [1.29, 1.82) is 10.5 Å². The molecule has 2 unspecified atom stereocenters. The molecule has 2 atom stereocenters. The number of nitrogens with zero attached hydrogens (tertiary/aromatic N) is 2. The van der Waals surface area contributed by atoms with Crippen LogP contribution in [0.2, 0.25) is 0 Å². The summed E-state index contributed by atoms with van der Waals surface area (Å²) in [4.78, 5) is 0. The van der Waals surface area contributed by atoms with E-state index in [1.54, 1.807) is 0 Å². The highest BCUT2D eigenvalue weighted by Crippen LogP contribution is 2.41. The van der Waals surface area contributed by atoms with Gasteiger partial charge in [-0.1, -0.05) is 60.7 Å². The van der Waals surface area contributed by atoms with E-state index >= 15 is 0 Å². The van der Waals surface area contributed by atoms with E-state index in [1.807, 2.05) is 60.7 Å². The lowest BCUT2D eigenvalue weighted by atomic mass is 9.68. The Morgan fingerprint density at radius 1 is 0.682 bits per heavy atom. The van der Waals surface area contributed by atoms with Crippen LogP contribution >= 0.6 is 0 Å². The van der Waals surface area contributed by atoms with Gasteiger partial charge in [-0.05, 0) is 11.1 Å². The van der Waals surface area contributed by atoms with E-state index in [-0.39, 0.29) is 0 Å². The summed E-state index contributed by atoms with van der Waals surface area (Å²) in [6.07, 6.45) is 0. The fourth-order valence-electron chi connectivity index (χ4n) is 3.15. The van der Waals surface area contributed by atoms with Gasteiger partial charge in [-0.2, -0.15) is 10.5 Å². The van der Waals surface area contributed by atoms with Crippen LogP contribution < -0.4 is 10.6 Å². The third-order valence-electron chi connectivity index (χ3n) is 4.22. The summed E-state index contributed by atoms with van der Waals surface area (Å²) < 4.78 is 0. The minimum atomic E-state index is -1.14. The van der Waals surface area contributed by atoms with Crippen molar-refractivity contribution < 1.29 is 0 Å². The molecule has 4 heteroatoms. The normalized spacial score (nSPS) is 27.5. The Hall–Kier alpha value is -2.66. The third-order valence-corrected chi connectivity index (χ3v) is 4.22. The van der Waals surface area contributed by atoms with Crippen molar-refractivity contribution in [3.63, 3.8) is 0 Å². The highest BCUT2D eigenvalue weighted by atomic mass is 15.2. The monoisotopic (exact) mass is 288 g/mol. The lowest BCUT2D eigenvalue weighted by molar-refractivity contribution is 0.194. The third kappa shape index (κ3) is 1.90. The molecular formula is C18H16N4. The lowest BCUT2D eigenvalue weighted by Gasteiger charge is -2.47. The maximum Gasteiger partial charge on any atom is 0.168 e. The van der Waals surface area contributed by atoms with Gasteiger partial charge in [0.05, 0.1) is 12.1 Å². The summed E-state index contributed by atoms with van der Waals surface area (Å²) >= 11 is 0. The van der Waals surface area contributed by atoms with Crippen molar-refractivity contribution in [2.45, 2.75) is 11.1 Å². The van der Waals surface area contributed by atoms with Crippen molar-refractivity contribution in [2.24, 2.45) is 0 Å². The topological polar surface area (TPSA) is 71.6 Å². The van der Waals surface area contributed by atoms with Gasteiger partial charge in [0, 0.05) is 13.1 Å². The van der Waals surface area contributed by atoms with E-state index < -0.39 is 11.1 Å². The van der Waals surface area contributed by atoms with Gasteiger partial charge in [-0.25, -0.2) is 0 Å². The number of benzene rings is 2. The number of nitrogens with one attached hydrogen (secondary N) is 2. The van der Waals surface area contributed by atoms with E-state index in [2.05, 4.69) is 22.8 Å². The molecule has 2 aromatic rings. The van der Waals surface area contributed by atoms with Crippen molar-refractivity contribution in [2.75, 3.05) is 13.1 Å². The molecule has 108 valence electrons. The highest BCUT2D eigenvalue weighted by molar-refractivity contribution is 5.48. The molecular weight excluding hydrogens is 272 g/mol. The largest absolute Gasteiger partial charge is 0.292 e. The van der Waals surface area contributed by atoms with Crippen LogP contribution in [0.25, 0.3) is 0 Å². The van der Waals surface area contributed by atoms with Gasteiger partial charge in [0.1, 0.15) is 0 Å². The zero-order chi connectivity index (χ0) is 15.5. The van der Waals surface area contributed by atoms with Crippen molar-refractivity contribution >= 4 is 0 Å². The molecule has 2 N–H and O–H groups in total. The first-order valence-electron chi connectivity index (χ1n) is 7.23. The fourth-order valence-corrected chi connectivity index (χ4v) is 3.15. The van der Waals surface area contributed by atoms with Crippen LogP contribution in [0.3, 0.4) is 0 Å². The van der Waals surface area contributed by atoms with Crippen molar-refractivity contribution in [3.8, 4) is 12.1 Å². The Morgan fingerprint density at radius 3 is 1.36 bits per heavy atom. The molecule has 0 spiro atoms. The Morgan fingerprint density at radius 2 is 1.05 bits per heavy atom. The molecule has 1 saturated heterocycles. The molecule has 1 aliphatic rings. The summed E-state index contributed by atoms with van der Waals surface area (Å²) in [5.74, 6) is 0. The molecule has 0 aliphatic carbocycles. The average molecular weight is 288 g/mol. The molecule has 0 amide bonds. The smallest absolute Gasteiger partial charge is 0.168 e. The number of rotatable bonds is 2. The van der Waals surface area contributed by atoms with E-state index in [0.29, 0.717) is 13.1 Å². The number of hydrogen-bond acceptors (Lipinski definition) is 4. The van der Waals surface area contributed by atoms with Crippen molar-refractivity contribution in [1.82, 2.24) is 10.6 Å². The quantitative estimate of drug-likeness (QED) is 0.887. The van der Waals surface area contributed by atoms with Gasteiger partial charge in [-0.15, -0.1) is 0 Å². The molecule has 2 aromatic carbocycles. The number of hydrogen-bond donors (Lipinski definition) is 2. The molecule has 1 fully saturated rings. The summed E-state index contributed by atoms with van der Waals surface area (Å²) in [5, 5.41) is 26.6. The molecule has 1 aliphatic heterocycles. The maximum absolute atomic E-state index is 10.0. The van der Waals surface area contributed by atoms with Crippen LogP contribution in [0.1, 0.15) is 11.1 Å². The minimum Gasteiger partial charge on any atom is -0.292 e. The van der Waals surface area contributed by atoms with Gasteiger partial charge in [-0.3, -0.25) is 10.6 Å². The predicted molar refractivity (Wildman–Crippen MR) is 83.5 cm³/mol. The SMILES string of the molecule is N#CC1(c2ccccc2)NCCNC1(C#N)c1ccccc1. The van der Waals surface area contributed by atoms with Crippen LogP contribution in [0.5, 0.6) is 0 Å². The molecule has 1 heterocycles. The Bertz CT molecular complexity index is 664. The first-order chi connectivity index (χ1) is 10.8. The molecule has 0 radical (unpaired) electrons. The molecule has 4 nitrogen and oxygen atoms in total.